The molecule has 246 valence electrons. The molecule has 0 saturated carbocycles. The first kappa shape index (κ1) is 34.7. The number of imidazole rings is 2. The fourth-order valence-electron chi connectivity index (χ4n) is 5.45. The van der Waals surface area contributed by atoms with Gasteiger partial charge in [-0.25, -0.2) is 9.97 Å². The summed E-state index contributed by atoms with van der Waals surface area (Å²) in [5.74, 6) is 1.47. The van der Waals surface area contributed by atoms with Gasteiger partial charge in [-0.2, -0.15) is 0 Å². The van der Waals surface area contributed by atoms with Gasteiger partial charge in [-0.05, 0) is 75.6 Å². The summed E-state index contributed by atoms with van der Waals surface area (Å²) in [7, 11) is 0. The van der Waals surface area contributed by atoms with E-state index in [1.807, 2.05) is 53.9 Å². The molecule has 0 bridgehead atoms. The highest BCUT2D eigenvalue weighted by Gasteiger charge is 2.27. The van der Waals surface area contributed by atoms with Crippen molar-refractivity contribution in [3.05, 3.63) is 72.6 Å². The Morgan fingerprint density at radius 3 is 1.17 bits per heavy atom. The maximum absolute atomic E-state index is 12.5. The summed E-state index contributed by atoms with van der Waals surface area (Å²) in [6.07, 6.45) is 4.22. The topological polar surface area (TPSA) is 110 Å². The highest BCUT2D eigenvalue weighted by Crippen LogP contribution is 2.32. The quantitative estimate of drug-likeness (QED) is 0.161. The lowest BCUT2D eigenvalue weighted by molar-refractivity contribution is -0.156. The Morgan fingerprint density at radius 2 is 0.891 bits per heavy atom. The van der Waals surface area contributed by atoms with E-state index in [4.69, 9.17) is 9.47 Å². The monoisotopic (exact) mass is 626 g/mol. The van der Waals surface area contributed by atoms with Crippen LogP contribution in [0.1, 0.15) is 106 Å². The van der Waals surface area contributed by atoms with Gasteiger partial charge in [0.05, 0.1) is 36.6 Å². The number of H-pyrrole nitrogens is 2. The Hall–Kier alpha value is -4.20. The van der Waals surface area contributed by atoms with Crippen LogP contribution in [0.4, 0.5) is 0 Å². The van der Waals surface area contributed by atoms with Crippen molar-refractivity contribution in [2.45, 2.75) is 105 Å². The number of carbonyl (C=O) groups is 2. The van der Waals surface area contributed by atoms with Gasteiger partial charge in [0.2, 0.25) is 0 Å². The molecule has 0 amide bonds. The second-order valence-corrected chi connectivity index (χ2v) is 14.8. The predicted molar refractivity (Wildman–Crippen MR) is 183 cm³/mol. The molecule has 0 radical (unpaired) electrons. The summed E-state index contributed by atoms with van der Waals surface area (Å²) in [5.41, 5.74) is 5.04. The molecule has 0 fully saturated rings. The zero-order valence-corrected chi connectivity index (χ0v) is 29.0. The molecular weight excluding hydrogens is 576 g/mol. The molecule has 2 atom stereocenters. The fraction of sp³-hybridized carbons (Fsp3) is 0.474. The Morgan fingerprint density at radius 1 is 0.587 bits per heavy atom. The fourth-order valence-corrected chi connectivity index (χ4v) is 5.45. The molecule has 8 heteroatoms. The van der Waals surface area contributed by atoms with Crippen LogP contribution in [0.25, 0.3) is 33.6 Å². The van der Waals surface area contributed by atoms with Gasteiger partial charge < -0.3 is 19.4 Å². The summed E-state index contributed by atoms with van der Waals surface area (Å²) >= 11 is 0. The molecule has 8 nitrogen and oxygen atoms in total. The van der Waals surface area contributed by atoms with Gasteiger partial charge in [-0.3, -0.25) is 9.59 Å². The van der Waals surface area contributed by atoms with Crippen LogP contribution in [0.2, 0.25) is 0 Å². The first-order valence-electron chi connectivity index (χ1n) is 16.2. The van der Waals surface area contributed by atoms with Crippen LogP contribution in [0.5, 0.6) is 0 Å². The van der Waals surface area contributed by atoms with Crippen LogP contribution in [0, 0.1) is 11.8 Å². The summed E-state index contributed by atoms with van der Waals surface area (Å²) in [6, 6.07) is 16.7. The minimum Gasteiger partial charge on any atom is -0.460 e. The van der Waals surface area contributed by atoms with E-state index in [0.717, 1.165) is 45.3 Å². The van der Waals surface area contributed by atoms with Crippen molar-refractivity contribution in [3.63, 3.8) is 0 Å². The highest BCUT2D eigenvalue weighted by atomic mass is 16.6. The van der Waals surface area contributed by atoms with E-state index in [0.29, 0.717) is 0 Å². The summed E-state index contributed by atoms with van der Waals surface area (Å²) in [4.78, 5) is 41.2. The third kappa shape index (κ3) is 9.41. The van der Waals surface area contributed by atoms with Gasteiger partial charge in [-0.15, -0.1) is 0 Å². The van der Waals surface area contributed by atoms with Crippen molar-refractivity contribution < 1.29 is 19.1 Å². The van der Waals surface area contributed by atoms with E-state index in [9.17, 15) is 9.59 Å². The van der Waals surface area contributed by atoms with Crippen molar-refractivity contribution in [2.75, 3.05) is 0 Å². The maximum atomic E-state index is 12.5. The number of aromatic amines is 2. The van der Waals surface area contributed by atoms with E-state index in [-0.39, 0.29) is 48.5 Å². The number of nitrogens with one attached hydrogen (secondary N) is 2. The molecule has 2 aromatic carbocycles. The molecule has 2 heterocycles. The lowest BCUT2D eigenvalue weighted by atomic mass is 9.92. The number of ether oxygens (including phenoxy) is 2. The molecule has 0 aliphatic rings. The number of rotatable bonds is 11. The molecule has 0 aliphatic carbocycles. The summed E-state index contributed by atoms with van der Waals surface area (Å²) in [6.45, 7) is 19.7. The molecule has 2 unspecified atom stereocenters. The normalized spacial score (nSPS) is 13.6. The molecule has 2 aromatic heterocycles. The highest BCUT2D eigenvalue weighted by molar-refractivity contribution is 5.73. The predicted octanol–water partition coefficient (Wildman–Crippen LogP) is 9.08. The van der Waals surface area contributed by atoms with E-state index in [1.165, 1.54) is 0 Å². The Balaban J connectivity index is 1.44. The standard InChI is InChI=1S/C38H50N4O4/c1-23(2)29(19-33(43)45-37(5,6)7)35-39-21-31(41-35)27-15-11-25(12-16-27)26-13-17-28(18-14-26)32-22-40-36(42-32)30(24(3)4)20-34(44)46-38(8,9)10/h11-18,21-24,29-30H,19-20H2,1-10H3,(H,39,41)(H,40,42). The van der Waals surface area contributed by atoms with Crippen molar-refractivity contribution in [1.82, 2.24) is 19.9 Å². The van der Waals surface area contributed by atoms with Crippen molar-refractivity contribution in [3.8, 4) is 33.6 Å². The average molecular weight is 627 g/mol. The van der Waals surface area contributed by atoms with E-state index in [2.05, 4.69) is 96.2 Å². The Kier molecular flexibility index (Phi) is 10.6. The number of esters is 2. The minimum absolute atomic E-state index is 0.0615. The number of hydrogen-bond acceptors (Lipinski definition) is 6. The van der Waals surface area contributed by atoms with Gasteiger partial charge in [0.25, 0.3) is 0 Å². The van der Waals surface area contributed by atoms with Crippen LogP contribution in [0.15, 0.2) is 60.9 Å². The second-order valence-electron chi connectivity index (χ2n) is 14.8. The molecule has 4 aromatic rings. The molecule has 4 rings (SSSR count). The lowest BCUT2D eigenvalue weighted by Crippen LogP contribution is -2.26. The number of carbonyl (C=O) groups excluding carboxylic acids is 2. The molecule has 46 heavy (non-hydrogen) atoms. The van der Waals surface area contributed by atoms with Crippen LogP contribution in [-0.2, 0) is 19.1 Å². The third-order valence-corrected chi connectivity index (χ3v) is 7.84. The molecule has 0 spiro atoms. The summed E-state index contributed by atoms with van der Waals surface area (Å²) < 4.78 is 11.1. The maximum Gasteiger partial charge on any atom is 0.307 e. The molecule has 2 N–H and O–H groups in total. The van der Waals surface area contributed by atoms with Crippen LogP contribution < -0.4 is 0 Å². The second kappa shape index (κ2) is 14.1. The SMILES string of the molecule is CC(C)C(CC(=O)OC(C)(C)C)c1ncc(-c2ccc(-c3ccc(-c4cnc(C(CC(=O)OC(C)(C)C)C(C)C)[nH]4)cc3)cc2)[nH]1. The van der Waals surface area contributed by atoms with Gasteiger partial charge in [0, 0.05) is 11.8 Å². The molecule has 0 aliphatic heterocycles. The van der Waals surface area contributed by atoms with Crippen LogP contribution in [0.3, 0.4) is 0 Å². The van der Waals surface area contributed by atoms with Crippen molar-refractivity contribution in [2.24, 2.45) is 11.8 Å². The van der Waals surface area contributed by atoms with Gasteiger partial charge in [0.1, 0.15) is 22.9 Å². The number of hydrogen-bond donors (Lipinski definition) is 2. The van der Waals surface area contributed by atoms with Gasteiger partial charge >= 0.3 is 11.9 Å². The van der Waals surface area contributed by atoms with Crippen molar-refractivity contribution in [1.29, 1.82) is 0 Å². The smallest absolute Gasteiger partial charge is 0.307 e. The minimum atomic E-state index is -0.515. The zero-order chi connectivity index (χ0) is 33.8. The van der Waals surface area contributed by atoms with Crippen molar-refractivity contribution >= 4 is 11.9 Å². The third-order valence-electron chi connectivity index (χ3n) is 7.84. The Bertz CT molecular complexity index is 1480. The number of benzene rings is 2. The first-order chi connectivity index (χ1) is 21.5. The van der Waals surface area contributed by atoms with Crippen LogP contribution >= 0.6 is 0 Å². The van der Waals surface area contributed by atoms with Crippen LogP contribution in [-0.4, -0.2) is 43.1 Å². The number of nitrogens with zero attached hydrogens (tertiary/aromatic N) is 2. The van der Waals surface area contributed by atoms with E-state index < -0.39 is 11.2 Å². The zero-order valence-electron chi connectivity index (χ0n) is 29.0. The first-order valence-corrected chi connectivity index (χ1v) is 16.2. The lowest BCUT2D eigenvalue weighted by Gasteiger charge is -2.23. The van der Waals surface area contributed by atoms with E-state index in [1.54, 1.807) is 0 Å². The number of aromatic nitrogens is 4. The molecular formula is C38H50N4O4. The van der Waals surface area contributed by atoms with E-state index >= 15 is 0 Å². The molecule has 0 saturated heterocycles. The average Bonchev–Trinajstić information content (AvgIpc) is 3.63. The largest absolute Gasteiger partial charge is 0.460 e. The van der Waals surface area contributed by atoms with Gasteiger partial charge in [0.15, 0.2) is 0 Å². The summed E-state index contributed by atoms with van der Waals surface area (Å²) in [5, 5.41) is 0. The Labute approximate surface area is 273 Å². The van der Waals surface area contributed by atoms with Gasteiger partial charge in [-0.1, -0.05) is 76.2 Å².